The monoisotopic (exact) mass is 484 g/mol. The Bertz CT molecular complexity index is 1160. The summed E-state index contributed by atoms with van der Waals surface area (Å²) in [6.07, 6.45) is 6.74. The number of aromatic nitrogens is 4. The molecule has 0 aliphatic carbocycles. The van der Waals surface area contributed by atoms with E-state index in [1.165, 1.54) is 0 Å². The summed E-state index contributed by atoms with van der Waals surface area (Å²) in [5, 5.41) is 3.48. The van der Waals surface area contributed by atoms with Gasteiger partial charge in [-0.25, -0.2) is 9.97 Å². The minimum absolute atomic E-state index is 0.0282. The van der Waals surface area contributed by atoms with Crippen LogP contribution in [0.4, 0.5) is 5.82 Å². The van der Waals surface area contributed by atoms with E-state index in [0.717, 1.165) is 11.4 Å². The Balaban J connectivity index is 1.53. The molecule has 1 aliphatic heterocycles. The van der Waals surface area contributed by atoms with Crippen molar-refractivity contribution >= 4 is 29.2 Å². The van der Waals surface area contributed by atoms with Crippen molar-refractivity contribution < 1.29 is 14.3 Å². The number of quaternary nitrogens is 1. The SMILES string of the molecule is COc1ccc(CNC(=O)C[N+]2(c3ccnc(-n4ccnc4)n3)CCN(C(C)=O)CC2)cc1Cl. The predicted octanol–water partition coefficient (Wildman–Crippen LogP) is 1.81. The number of amides is 2. The van der Waals surface area contributed by atoms with E-state index in [4.69, 9.17) is 21.3 Å². The number of piperazine rings is 1. The number of ether oxygens (including phenoxy) is 1. The zero-order valence-electron chi connectivity index (χ0n) is 19.1. The van der Waals surface area contributed by atoms with Crippen LogP contribution in [0.25, 0.3) is 5.95 Å². The summed E-state index contributed by atoms with van der Waals surface area (Å²) in [6, 6.07) is 7.25. The topological polar surface area (TPSA) is 102 Å². The molecule has 10 nitrogen and oxygen atoms in total. The molecule has 1 fully saturated rings. The molecule has 0 bridgehead atoms. The lowest BCUT2D eigenvalue weighted by molar-refractivity contribution is -0.130. The molecule has 1 aliphatic rings. The van der Waals surface area contributed by atoms with Crippen LogP contribution in [0.5, 0.6) is 5.75 Å². The Morgan fingerprint density at radius 1 is 1.21 bits per heavy atom. The van der Waals surface area contributed by atoms with Crippen molar-refractivity contribution in [1.29, 1.82) is 0 Å². The number of imidazole rings is 1. The van der Waals surface area contributed by atoms with Gasteiger partial charge in [-0.05, 0) is 17.7 Å². The summed E-state index contributed by atoms with van der Waals surface area (Å²) < 4.78 is 7.23. The normalized spacial score (nSPS) is 15.1. The molecule has 1 aromatic carbocycles. The first-order valence-corrected chi connectivity index (χ1v) is 11.3. The minimum atomic E-state index is -0.119. The fraction of sp³-hybridized carbons (Fsp3) is 0.348. The van der Waals surface area contributed by atoms with Crippen molar-refractivity contribution in [3.05, 3.63) is 59.8 Å². The number of nitrogens with one attached hydrogen (secondary N) is 1. The van der Waals surface area contributed by atoms with E-state index in [1.54, 1.807) is 60.6 Å². The number of hydrogen-bond acceptors (Lipinski definition) is 6. The van der Waals surface area contributed by atoms with Gasteiger partial charge in [-0.2, -0.15) is 4.98 Å². The van der Waals surface area contributed by atoms with Crippen molar-refractivity contribution in [2.24, 2.45) is 0 Å². The van der Waals surface area contributed by atoms with Crippen LogP contribution >= 0.6 is 11.6 Å². The molecule has 34 heavy (non-hydrogen) atoms. The first-order chi connectivity index (χ1) is 16.4. The average Bonchev–Trinajstić information content (AvgIpc) is 3.38. The number of carbonyl (C=O) groups excluding carboxylic acids is 2. The second-order valence-corrected chi connectivity index (χ2v) is 8.59. The molecule has 3 aromatic rings. The number of benzene rings is 1. The first-order valence-electron chi connectivity index (χ1n) is 10.9. The van der Waals surface area contributed by atoms with Crippen LogP contribution in [-0.2, 0) is 16.1 Å². The summed E-state index contributed by atoms with van der Waals surface area (Å²) in [5.74, 6) is 1.70. The summed E-state index contributed by atoms with van der Waals surface area (Å²) >= 11 is 6.21. The summed E-state index contributed by atoms with van der Waals surface area (Å²) in [7, 11) is 1.56. The number of methoxy groups -OCH3 is 1. The number of carbonyl (C=O) groups is 2. The molecular weight excluding hydrogens is 458 g/mol. The molecule has 178 valence electrons. The van der Waals surface area contributed by atoms with E-state index >= 15 is 0 Å². The quantitative estimate of drug-likeness (QED) is 0.513. The largest absolute Gasteiger partial charge is 0.495 e. The lowest BCUT2D eigenvalue weighted by atomic mass is 10.2. The van der Waals surface area contributed by atoms with Gasteiger partial charge in [0.15, 0.2) is 6.54 Å². The van der Waals surface area contributed by atoms with Gasteiger partial charge in [-0.3, -0.25) is 18.6 Å². The smallest absolute Gasteiger partial charge is 0.276 e. The van der Waals surface area contributed by atoms with Gasteiger partial charge in [0.05, 0.1) is 25.2 Å². The molecule has 3 heterocycles. The van der Waals surface area contributed by atoms with E-state index in [1.807, 2.05) is 12.1 Å². The number of rotatable bonds is 7. The predicted molar refractivity (Wildman–Crippen MR) is 128 cm³/mol. The zero-order valence-corrected chi connectivity index (χ0v) is 19.9. The van der Waals surface area contributed by atoms with E-state index < -0.39 is 0 Å². The Hall–Kier alpha value is -3.50. The van der Waals surface area contributed by atoms with Gasteiger partial charge < -0.3 is 15.0 Å². The van der Waals surface area contributed by atoms with E-state index in [0.29, 0.717) is 53.9 Å². The Morgan fingerprint density at radius 3 is 2.65 bits per heavy atom. The molecular formula is C23H27ClN7O3+. The van der Waals surface area contributed by atoms with Gasteiger partial charge in [0, 0.05) is 38.1 Å². The van der Waals surface area contributed by atoms with Crippen LogP contribution in [0.3, 0.4) is 0 Å². The molecule has 0 radical (unpaired) electrons. The fourth-order valence-corrected chi connectivity index (χ4v) is 4.37. The Labute approximate surface area is 202 Å². The molecule has 0 spiro atoms. The maximum Gasteiger partial charge on any atom is 0.276 e. The lowest BCUT2D eigenvalue weighted by Gasteiger charge is -2.42. The fourth-order valence-electron chi connectivity index (χ4n) is 4.09. The molecule has 1 N–H and O–H groups in total. The zero-order chi connectivity index (χ0) is 24.1. The van der Waals surface area contributed by atoms with E-state index in [-0.39, 0.29) is 18.4 Å². The molecule has 11 heteroatoms. The highest BCUT2D eigenvalue weighted by atomic mass is 35.5. The average molecular weight is 485 g/mol. The molecule has 4 rings (SSSR count). The van der Waals surface area contributed by atoms with Gasteiger partial charge in [0.2, 0.25) is 17.7 Å². The second kappa shape index (κ2) is 10.2. The van der Waals surface area contributed by atoms with Crippen molar-refractivity contribution in [2.45, 2.75) is 13.5 Å². The van der Waals surface area contributed by atoms with Crippen LogP contribution < -0.4 is 14.5 Å². The maximum absolute atomic E-state index is 13.1. The van der Waals surface area contributed by atoms with Crippen LogP contribution in [0.15, 0.2) is 49.2 Å². The molecule has 1 saturated heterocycles. The van der Waals surface area contributed by atoms with Gasteiger partial charge in [-0.1, -0.05) is 17.7 Å². The Kier molecular flexibility index (Phi) is 7.09. The number of hydrogen-bond donors (Lipinski definition) is 1. The second-order valence-electron chi connectivity index (χ2n) is 8.19. The highest BCUT2D eigenvalue weighted by Crippen LogP contribution is 2.26. The molecule has 0 unspecified atom stereocenters. The third kappa shape index (κ3) is 5.18. The standard InChI is InChI=1S/C23H26ClN7O3/c1-17(32)29-9-11-31(12-10-29,21-5-6-26-23(28-21)30-8-7-25-16-30)15-22(33)27-14-18-3-4-20(34-2)19(24)13-18/h3-8,13,16H,9-12,14-15H2,1-2H3/p+1. The van der Waals surface area contributed by atoms with Crippen molar-refractivity contribution in [3.8, 4) is 11.7 Å². The molecule has 2 amide bonds. The van der Waals surface area contributed by atoms with Gasteiger partial charge in [0.25, 0.3) is 5.91 Å². The Morgan fingerprint density at radius 2 is 2.00 bits per heavy atom. The third-order valence-corrected chi connectivity index (χ3v) is 6.34. The molecule has 2 aromatic heterocycles. The lowest BCUT2D eigenvalue weighted by Crippen LogP contribution is -2.64. The maximum atomic E-state index is 13.1. The highest BCUT2D eigenvalue weighted by molar-refractivity contribution is 6.32. The van der Waals surface area contributed by atoms with Crippen molar-refractivity contribution in [2.75, 3.05) is 39.8 Å². The van der Waals surface area contributed by atoms with Crippen LogP contribution in [0, 0.1) is 0 Å². The summed E-state index contributed by atoms with van der Waals surface area (Å²) in [6.45, 7) is 4.32. The van der Waals surface area contributed by atoms with Crippen molar-refractivity contribution in [1.82, 2.24) is 34.2 Å². The van der Waals surface area contributed by atoms with Gasteiger partial charge >= 0.3 is 0 Å². The summed E-state index contributed by atoms with van der Waals surface area (Å²) in [4.78, 5) is 39.9. The van der Waals surface area contributed by atoms with E-state index in [9.17, 15) is 9.59 Å². The van der Waals surface area contributed by atoms with Crippen molar-refractivity contribution in [3.63, 3.8) is 0 Å². The minimum Gasteiger partial charge on any atom is -0.495 e. The number of halogens is 1. The van der Waals surface area contributed by atoms with Crippen LogP contribution in [-0.4, -0.2) is 76.1 Å². The first kappa shape index (κ1) is 23.7. The van der Waals surface area contributed by atoms with Crippen LogP contribution in [0.1, 0.15) is 12.5 Å². The van der Waals surface area contributed by atoms with Gasteiger partial charge in [-0.15, -0.1) is 0 Å². The molecule has 0 atom stereocenters. The third-order valence-electron chi connectivity index (χ3n) is 6.04. The number of nitrogens with zero attached hydrogens (tertiary/aromatic N) is 6. The van der Waals surface area contributed by atoms with E-state index in [2.05, 4.69) is 15.3 Å². The van der Waals surface area contributed by atoms with Gasteiger partial charge in [0.1, 0.15) is 25.2 Å². The summed E-state index contributed by atoms with van der Waals surface area (Å²) in [5.41, 5.74) is 0.872. The molecule has 0 saturated carbocycles. The highest BCUT2D eigenvalue weighted by Gasteiger charge is 2.39. The van der Waals surface area contributed by atoms with Crippen LogP contribution in [0.2, 0.25) is 5.02 Å².